The molecule has 0 amide bonds. The fraction of sp³-hybridized carbons (Fsp3) is 0.700. The molecule has 172 valence electrons. The zero-order valence-corrected chi connectivity index (χ0v) is 18.9. The van der Waals surface area contributed by atoms with Gasteiger partial charge in [-0.25, -0.2) is 13.4 Å². The maximum Gasteiger partial charge on any atom is 0.417 e. The van der Waals surface area contributed by atoms with Crippen molar-refractivity contribution < 1.29 is 26.4 Å². The van der Waals surface area contributed by atoms with Gasteiger partial charge in [-0.3, -0.25) is 4.79 Å². The maximum atomic E-state index is 13.2. The number of nitrogens with zero attached hydrogens (tertiary/aromatic N) is 3. The summed E-state index contributed by atoms with van der Waals surface area (Å²) in [5.41, 5.74) is -2.09. The lowest BCUT2D eigenvalue weighted by Crippen LogP contribution is -2.53. The topological polar surface area (TPSA) is 70.6 Å². The van der Waals surface area contributed by atoms with E-state index in [2.05, 4.69) is 4.98 Å². The number of fused-ring (bicyclic) bond motifs is 2. The Hall–Kier alpha value is -1.39. The van der Waals surface area contributed by atoms with Crippen LogP contribution in [-0.2, 0) is 21.0 Å². The van der Waals surface area contributed by atoms with Gasteiger partial charge in [0.25, 0.3) is 0 Å². The number of ketones is 1. The van der Waals surface area contributed by atoms with E-state index in [0.29, 0.717) is 12.8 Å². The van der Waals surface area contributed by atoms with Gasteiger partial charge in [-0.15, -0.1) is 0 Å². The van der Waals surface area contributed by atoms with Crippen LogP contribution in [0.2, 0.25) is 5.02 Å². The summed E-state index contributed by atoms with van der Waals surface area (Å²) in [7, 11) is -3.67. The summed E-state index contributed by atoms with van der Waals surface area (Å²) in [6.07, 6.45) is -1.87. The summed E-state index contributed by atoms with van der Waals surface area (Å²) in [5.74, 6) is 0.314. The summed E-state index contributed by atoms with van der Waals surface area (Å²) in [6.45, 7) is 4.84. The largest absolute Gasteiger partial charge is 0.417 e. The van der Waals surface area contributed by atoms with Crippen LogP contribution in [0.1, 0.15) is 38.7 Å². The van der Waals surface area contributed by atoms with E-state index in [1.54, 1.807) is 4.90 Å². The minimum atomic E-state index is -4.54. The fourth-order valence-corrected chi connectivity index (χ4v) is 8.00. The van der Waals surface area contributed by atoms with E-state index in [1.165, 1.54) is 4.31 Å². The van der Waals surface area contributed by atoms with Crippen molar-refractivity contribution in [2.24, 2.45) is 16.7 Å². The van der Waals surface area contributed by atoms with Crippen LogP contribution in [-0.4, -0.2) is 55.4 Å². The second-order valence-corrected chi connectivity index (χ2v) is 11.7. The molecule has 2 atom stereocenters. The monoisotopic (exact) mass is 479 g/mol. The Kier molecular flexibility index (Phi) is 5.38. The highest BCUT2D eigenvalue weighted by atomic mass is 35.5. The minimum absolute atomic E-state index is 0.0525. The van der Waals surface area contributed by atoms with E-state index >= 15 is 0 Å². The Morgan fingerprint density at radius 3 is 2.35 bits per heavy atom. The summed E-state index contributed by atoms with van der Waals surface area (Å²) in [6, 6.07) is 0.830. The average Bonchev–Trinajstić information content (AvgIpc) is 3.01. The Labute approximate surface area is 184 Å². The van der Waals surface area contributed by atoms with E-state index in [4.69, 9.17) is 11.6 Å². The second kappa shape index (κ2) is 7.31. The van der Waals surface area contributed by atoms with Crippen LogP contribution >= 0.6 is 11.6 Å². The molecule has 2 bridgehead atoms. The highest BCUT2D eigenvalue weighted by Gasteiger charge is 2.65. The van der Waals surface area contributed by atoms with Crippen LogP contribution < -0.4 is 4.90 Å². The van der Waals surface area contributed by atoms with Crippen molar-refractivity contribution in [2.45, 2.75) is 39.3 Å². The van der Waals surface area contributed by atoms with Gasteiger partial charge in [-0.2, -0.15) is 17.5 Å². The molecule has 1 aromatic rings. The molecule has 0 unspecified atom stereocenters. The standard InChI is InChI=1S/C20H25ClF3N3O3S/c1-18(2)13-3-4-19(18,16(28)10-13)12-31(29,30)27-7-5-26(6-8-27)17-15(21)9-14(11-25-17)20(22,23)24/h9,11,13H,3-8,10,12H2,1-2H3/t13-,19-/m1/s1. The number of pyridine rings is 1. The van der Waals surface area contributed by atoms with Gasteiger partial charge in [0, 0.05) is 44.2 Å². The molecular formula is C20H25ClF3N3O3S. The minimum Gasteiger partial charge on any atom is -0.353 e. The molecule has 0 radical (unpaired) electrons. The lowest BCUT2D eigenvalue weighted by molar-refractivity contribution is -0.137. The number of alkyl halides is 3. The molecule has 4 rings (SSSR count). The van der Waals surface area contributed by atoms with Crippen LogP contribution in [0.4, 0.5) is 19.0 Å². The third-order valence-corrected chi connectivity index (χ3v) is 9.94. The first-order valence-corrected chi connectivity index (χ1v) is 12.3. The van der Waals surface area contributed by atoms with Crippen LogP contribution in [0.5, 0.6) is 0 Å². The van der Waals surface area contributed by atoms with Crippen molar-refractivity contribution in [3.63, 3.8) is 0 Å². The van der Waals surface area contributed by atoms with Crippen molar-refractivity contribution in [3.8, 4) is 0 Å². The third kappa shape index (κ3) is 3.64. The van der Waals surface area contributed by atoms with E-state index in [9.17, 15) is 26.4 Å². The fourth-order valence-electron chi connectivity index (χ4n) is 5.51. The number of hydrogen-bond acceptors (Lipinski definition) is 5. The Balaban J connectivity index is 1.46. The van der Waals surface area contributed by atoms with Crippen molar-refractivity contribution in [3.05, 3.63) is 22.8 Å². The molecular weight excluding hydrogens is 455 g/mol. The van der Waals surface area contributed by atoms with Gasteiger partial charge in [-0.1, -0.05) is 25.4 Å². The first kappa shape index (κ1) is 22.8. The van der Waals surface area contributed by atoms with Crippen LogP contribution in [0.15, 0.2) is 12.3 Å². The molecule has 1 aromatic heterocycles. The molecule has 2 saturated carbocycles. The SMILES string of the molecule is CC1(C)[C@@H]2CC[C@@]1(CS(=O)(=O)N1CCN(c3ncc(C(F)(F)F)cc3Cl)CC1)C(=O)C2. The summed E-state index contributed by atoms with van der Waals surface area (Å²) in [5, 5.41) is -0.125. The van der Waals surface area contributed by atoms with Crippen LogP contribution in [0, 0.1) is 16.7 Å². The first-order chi connectivity index (χ1) is 14.3. The molecule has 3 fully saturated rings. The molecule has 6 nitrogen and oxygen atoms in total. The number of piperazine rings is 1. The molecule has 31 heavy (non-hydrogen) atoms. The first-order valence-electron chi connectivity index (χ1n) is 10.3. The molecule has 1 aliphatic heterocycles. The van der Waals surface area contributed by atoms with Gasteiger partial charge in [0.1, 0.15) is 11.6 Å². The zero-order chi connectivity index (χ0) is 22.8. The molecule has 0 N–H and O–H groups in total. The second-order valence-electron chi connectivity index (χ2n) is 9.34. The number of halogens is 4. The summed E-state index contributed by atoms with van der Waals surface area (Å²) >= 11 is 6.02. The normalized spacial score (nSPS) is 29.0. The number of aromatic nitrogens is 1. The van der Waals surface area contributed by atoms with Crippen LogP contribution in [0.25, 0.3) is 0 Å². The van der Waals surface area contributed by atoms with Crippen molar-refractivity contribution in [1.29, 1.82) is 0 Å². The summed E-state index contributed by atoms with van der Waals surface area (Å²) < 4.78 is 66.3. The Morgan fingerprint density at radius 2 is 1.87 bits per heavy atom. The number of sulfonamides is 1. The molecule has 11 heteroatoms. The number of rotatable bonds is 4. The van der Waals surface area contributed by atoms with Gasteiger partial charge < -0.3 is 4.90 Å². The van der Waals surface area contributed by atoms with Gasteiger partial charge in [0.15, 0.2) is 0 Å². The molecule has 2 heterocycles. The van der Waals surface area contributed by atoms with Crippen molar-refractivity contribution >= 4 is 33.2 Å². The van der Waals surface area contributed by atoms with Gasteiger partial charge in [-0.05, 0) is 30.2 Å². The molecule has 2 aliphatic carbocycles. The smallest absolute Gasteiger partial charge is 0.353 e. The predicted molar refractivity (Wildman–Crippen MR) is 110 cm³/mol. The van der Waals surface area contributed by atoms with Crippen molar-refractivity contribution in [1.82, 2.24) is 9.29 Å². The predicted octanol–water partition coefficient (Wildman–Crippen LogP) is 3.60. The summed E-state index contributed by atoms with van der Waals surface area (Å²) in [4.78, 5) is 18.3. The van der Waals surface area contributed by atoms with E-state index in [0.717, 1.165) is 18.7 Å². The quantitative estimate of drug-likeness (QED) is 0.660. The third-order valence-electron chi connectivity index (χ3n) is 7.65. The van der Waals surface area contributed by atoms with Gasteiger partial charge in [0.2, 0.25) is 10.0 Å². The Bertz CT molecular complexity index is 1010. The number of anilines is 1. The van der Waals surface area contributed by atoms with Gasteiger partial charge >= 0.3 is 6.18 Å². The molecule has 3 aliphatic rings. The average molecular weight is 480 g/mol. The number of Topliss-reactive ketones (excluding diaryl/α,β-unsaturated/α-hetero) is 1. The van der Waals surface area contributed by atoms with Crippen molar-refractivity contribution in [2.75, 3.05) is 36.8 Å². The maximum absolute atomic E-state index is 13.2. The molecule has 0 aromatic carbocycles. The van der Waals surface area contributed by atoms with E-state index < -0.39 is 27.2 Å². The van der Waals surface area contributed by atoms with E-state index in [-0.39, 0.29) is 59.9 Å². The zero-order valence-electron chi connectivity index (χ0n) is 17.4. The van der Waals surface area contributed by atoms with E-state index in [1.807, 2.05) is 13.8 Å². The highest BCUT2D eigenvalue weighted by molar-refractivity contribution is 7.89. The highest BCUT2D eigenvalue weighted by Crippen LogP contribution is 2.64. The lowest BCUT2D eigenvalue weighted by Gasteiger charge is -2.40. The molecule has 0 spiro atoms. The molecule has 1 saturated heterocycles. The Morgan fingerprint density at radius 1 is 1.23 bits per heavy atom. The number of carbonyl (C=O) groups is 1. The number of hydrogen-bond donors (Lipinski definition) is 0. The van der Waals surface area contributed by atoms with Gasteiger partial charge in [0.05, 0.1) is 16.3 Å². The lowest BCUT2D eigenvalue weighted by atomic mass is 9.70. The number of carbonyl (C=O) groups excluding carboxylic acids is 1. The van der Waals surface area contributed by atoms with Crippen LogP contribution in [0.3, 0.4) is 0 Å².